The van der Waals surface area contributed by atoms with Crippen LogP contribution in [0.3, 0.4) is 0 Å². The van der Waals surface area contributed by atoms with Gasteiger partial charge in [0.05, 0.1) is 7.11 Å². The number of aromatic amines is 1. The van der Waals surface area contributed by atoms with Crippen LogP contribution in [0.15, 0.2) is 104 Å². The minimum Gasteiger partial charge on any atom is -0.497 e. The van der Waals surface area contributed by atoms with Crippen LogP contribution in [0.25, 0.3) is 10.9 Å². The summed E-state index contributed by atoms with van der Waals surface area (Å²) in [6.07, 6.45) is 5.73. The van der Waals surface area contributed by atoms with Gasteiger partial charge in [0.15, 0.2) is 0 Å². The maximum atomic E-state index is 13.2. The summed E-state index contributed by atoms with van der Waals surface area (Å²) in [6, 6.07) is 27.8. The maximum absolute atomic E-state index is 13.2. The quantitative estimate of drug-likeness (QED) is 0.252. The van der Waals surface area contributed by atoms with E-state index in [2.05, 4.69) is 21.4 Å². The van der Waals surface area contributed by atoms with Crippen LogP contribution in [-0.4, -0.2) is 23.0 Å². The predicted octanol–water partition coefficient (Wildman–Crippen LogP) is 5.99. The SMILES string of the molecule is COc1ccc2[nH]cc([C@@H](CC(=O)NCc3ccncc3)c3cccc(OCc4ccccc4)c3)c2c1. The van der Waals surface area contributed by atoms with Crippen molar-refractivity contribution in [3.63, 3.8) is 0 Å². The van der Waals surface area contributed by atoms with Crippen LogP contribution in [0.1, 0.15) is 34.6 Å². The van der Waals surface area contributed by atoms with Gasteiger partial charge in [0.2, 0.25) is 5.91 Å². The van der Waals surface area contributed by atoms with Gasteiger partial charge in [0.1, 0.15) is 18.1 Å². The second kappa shape index (κ2) is 11.4. The first-order valence-electron chi connectivity index (χ1n) is 12.3. The molecule has 0 saturated carbocycles. The average Bonchev–Trinajstić information content (AvgIpc) is 3.38. The van der Waals surface area contributed by atoms with Crippen molar-refractivity contribution in [2.24, 2.45) is 0 Å². The molecule has 1 amide bonds. The number of hydrogen-bond donors (Lipinski definition) is 2. The van der Waals surface area contributed by atoms with Gasteiger partial charge in [-0.05, 0) is 64.7 Å². The van der Waals surface area contributed by atoms with E-state index in [4.69, 9.17) is 9.47 Å². The third-order valence-corrected chi connectivity index (χ3v) is 6.43. The number of aromatic nitrogens is 2. The lowest BCUT2D eigenvalue weighted by Gasteiger charge is -2.19. The molecule has 0 radical (unpaired) electrons. The normalized spacial score (nSPS) is 11.7. The molecule has 186 valence electrons. The van der Waals surface area contributed by atoms with Gasteiger partial charge in [0, 0.05) is 48.4 Å². The van der Waals surface area contributed by atoms with Gasteiger partial charge in [-0.1, -0.05) is 42.5 Å². The molecular formula is C31H29N3O3. The highest BCUT2D eigenvalue weighted by atomic mass is 16.5. The smallest absolute Gasteiger partial charge is 0.221 e. The number of H-pyrrole nitrogens is 1. The number of carbonyl (C=O) groups excluding carboxylic acids is 1. The highest BCUT2D eigenvalue weighted by Gasteiger charge is 2.22. The summed E-state index contributed by atoms with van der Waals surface area (Å²) < 4.78 is 11.6. The van der Waals surface area contributed by atoms with Gasteiger partial charge < -0.3 is 19.8 Å². The highest BCUT2D eigenvalue weighted by Crippen LogP contribution is 2.36. The first-order chi connectivity index (χ1) is 18.2. The van der Waals surface area contributed by atoms with Crippen molar-refractivity contribution >= 4 is 16.8 Å². The lowest BCUT2D eigenvalue weighted by atomic mass is 9.87. The molecule has 0 aliphatic carbocycles. The molecular weight excluding hydrogens is 462 g/mol. The van der Waals surface area contributed by atoms with Crippen LogP contribution < -0.4 is 14.8 Å². The lowest BCUT2D eigenvalue weighted by molar-refractivity contribution is -0.121. The maximum Gasteiger partial charge on any atom is 0.221 e. The van der Waals surface area contributed by atoms with E-state index in [-0.39, 0.29) is 18.2 Å². The summed E-state index contributed by atoms with van der Waals surface area (Å²) in [4.78, 5) is 20.6. The number of hydrogen-bond acceptors (Lipinski definition) is 4. The summed E-state index contributed by atoms with van der Waals surface area (Å²) in [7, 11) is 1.66. The summed E-state index contributed by atoms with van der Waals surface area (Å²) in [5.74, 6) is 1.32. The van der Waals surface area contributed by atoms with Crippen molar-refractivity contribution in [1.29, 1.82) is 0 Å². The zero-order valence-electron chi connectivity index (χ0n) is 20.7. The molecule has 0 fully saturated rings. The molecule has 2 aromatic heterocycles. The number of methoxy groups -OCH3 is 1. The fourth-order valence-electron chi connectivity index (χ4n) is 4.46. The zero-order valence-corrected chi connectivity index (χ0v) is 20.7. The standard InChI is InChI=1S/C31H29N3O3/c1-36-25-10-11-30-28(17-25)29(20-33-30)27(18-31(35)34-19-22-12-14-32-15-13-22)24-8-5-9-26(16-24)37-21-23-6-3-2-4-7-23/h2-17,20,27,33H,18-19,21H2,1H3,(H,34,35)/t27-/m0/s1. The molecule has 0 bridgehead atoms. The summed E-state index contributed by atoms with van der Waals surface area (Å²) in [5.41, 5.74) is 5.15. The van der Waals surface area contributed by atoms with Crippen molar-refractivity contribution in [1.82, 2.24) is 15.3 Å². The van der Waals surface area contributed by atoms with E-state index in [9.17, 15) is 4.79 Å². The van der Waals surface area contributed by atoms with E-state index < -0.39 is 0 Å². The molecule has 0 saturated heterocycles. The van der Waals surface area contributed by atoms with Gasteiger partial charge in [-0.15, -0.1) is 0 Å². The van der Waals surface area contributed by atoms with Crippen LogP contribution >= 0.6 is 0 Å². The van der Waals surface area contributed by atoms with Gasteiger partial charge in [-0.2, -0.15) is 0 Å². The van der Waals surface area contributed by atoms with Gasteiger partial charge in [0.25, 0.3) is 0 Å². The molecule has 5 rings (SSSR count). The number of nitrogens with one attached hydrogen (secondary N) is 2. The van der Waals surface area contributed by atoms with Crippen LogP contribution in [0.5, 0.6) is 11.5 Å². The topological polar surface area (TPSA) is 76.2 Å². The van der Waals surface area contributed by atoms with Crippen LogP contribution in [-0.2, 0) is 17.9 Å². The van der Waals surface area contributed by atoms with Crippen LogP contribution in [0.4, 0.5) is 0 Å². The molecule has 37 heavy (non-hydrogen) atoms. The predicted molar refractivity (Wildman–Crippen MR) is 145 cm³/mol. The van der Waals surface area contributed by atoms with Crippen LogP contribution in [0.2, 0.25) is 0 Å². The Morgan fingerprint density at radius 1 is 0.919 bits per heavy atom. The number of rotatable bonds is 10. The number of benzene rings is 3. The van der Waals surface area contributed by atoms with E-state index in [1.807, 2.05) is 85.1 Å². The Labute approximate surface area is 216 Å². The number of carbonyl (C=O) groups is 1. The average molecular weight is 492 g/mol. The van der Waals surface area contributed by atoms with Crippen molar-refractivity contribution in [2.45, 2.75) is 25.5 Å². The monoisotopic (exact) mass is 491 g/mol. The number of amides is 1. The van der Waals surface area contributed by atoms with Crippen molar-refractivity contribution in [3.8, 4) is 11.5 Å². The first-order valence-corrected chi connectivity index (χ1v) is 12.3. The molecule has 0 aliphatic rings. The third-order valence-electron chi connectivity index (χ3n) is 6.43. The van der Waals surface area contributed by atoms with Crippen LogP contribution in [0, 0.1) is 0 Å². The minimum atomic E-state index is -0.182. The molecule has 6 heteroatoms. The minimum absolute atomic E-state index is 0.0327. The fourth-order valence-corrected chi connectivity index (χ4v) is 4.46. The zero-order chi connectivity index (χ0) is 25.5. The third kappa shape index (κ3) is 5.98. The van der Waals surface area contributed by atoms with Crippen molar-refractivity contribution in [3.05, 3.63) is 126 Å². The van der Waals surface area contributed by atoms with Crippen molar-refractivity contribution in [2.75, 3.05) is 7.11 Å². The molecule has 0 spiro atoms. The Morgan fingerprint density at radius 2 is 1.76 bits per heavy atom. The second-order valence-electron chi connectivity index (χ2n) is 8.89. The Morgan fingerprint density at radius 3 is 2.57 bits per heavy atom. The second-order valence-corrected chi connectivity index (χ2v) is 8.89. The Balaban J connectivity index is 1.43. The largest absolute Gasteiger partial charge is 0.497 e. The van der Waals surface area contributed by atoms with E-state index in [1.165, 1.54) is 0 Å². The Hall–Kier alpha value is -4.58. The molecule has 2 heterocycles. The molecule has 0 aliphatic heterocycles. The van der Waals surface area contributed by atoms with Gasteiger partial charge >= 0.3 is 0 Å². The van der Waals surface area contributed by atoms with Gasteiger partial charge in [-0.25, -0.2) is 0 Å². The lowest BCUT2D eigenvalue weighted by Crippen LogP contribution is -2.25. The molecule has 1 atom stereocenters. The number of fused-ring (bicyclic) bond motifs is 1. The highest BCUT2D eigenvalue weighted by molar-refractivity contribution is 5.87. The molecule has 3 aromatic carbocycles. The number of ether oxygens (including phenoxy) is 2. The fraction of sp³-hybridized carbons (Fsp3) is 0.161. The van der Waals surface area contributed by atoms with E-state index in [0.29, 0.717) is 13.2 Å². The molecule has 0 unspecified atom stereocenters. The van der Waals surface area contributed by atoms with E-state index >= 15 is 0 Å². The number of nitrogens with zero attached hydrogens (tertiary/aromatic N) is 1. The number of pyridine rings is 1. The molecule has 5 aromatic rings. The van der Waals surface area contributed by atoms with Gasteiger partial charge in [-0.3, -0.25) is 9.78 Å². The summed E-state index contributed by atoms with van der Waals surface area (Å²) in [5, 5.41) is 4.09. The van der Waals surface area contributed by atoms with E-state index in [1.54, 1.807) is 19.5 Å². The summed E-state index contributed by atoms with van der Waals surface area (Å²) >= 11 is 0. The Bertz CT molecular complexity index is 1470. The molecule has 2 N–H and O–H groups in total. The first kappa shape index (κ1) is 24.1. The van der Waals surface area contributed by atoms with E-state index in [0.717, 1.165) is 44.7 Å². The van der Waals surface area contributed by atoms with Crippen molar-refractivity contribution < 1.29 is 14.3 Å². The summed E-state index contributed by atoms with van der Waals surface area (Å²) in [6.45, 7) is 0.932. The molecule has 6 nitrogen and oxygen atoms in total. The Kier molecular flexibility index (Phi) is 7.46.